The van der Waals surface area contributed by atoms with E-state index in [4.69, 9.17) is 9.47 Å². The van der Waals surface area contributed by atoms with Gasteiger partial charge in [-0.3, -0.25) is 4.90 Å². The maximum Gasteiger partial charge on any atom is 0.316 e. The lowest BCUT2D eigenvalue weighted by Gasteiger charge is -2.26. The molecule has 0 atom stereocenters. The zero-order valence-corrected chi connectivity index (χ0v) is 11.1. The second kappa shape index (κ2) is 6.66. The Bertz CT molecular complexity index is 348. The highest BCUT2D eigenvalue weighted by Gasteiger charge is 2.10. The van der Waals surface area contributed by atoms with Gasteiger partial charge in [-0.05, 0) is 11.5 Å². The van der Waals surface area contributed by atoms with Crippen molar-refractivity contribution in [3.8, 4) is 6.01 Å². The first-order valence-corrected chi connectivity index (χ1v) is 6.50. The highest BCUT2D eigenvalue weighted by Crippen LogP contribution is 2.12. The number of nitrogens with zero attached hydrogens (tertiary/aromatic N) is 3. The van der Waals surface area contributed by atoms with Gasteiger partial charge in [-0.2, -0.15) is 0 Å². The summed E-state index contributed by atoms with van der Waals surface area (Å²) in [5.41, 5.74) is 1.13. The van der Waals surface area contributed by atoms with Crippen molar-refractivity contribution in [3.63, 3.8) is 0 Å². The zero-order chi connectivity index (χ0) is 12.8. The summed E-state index contributed by atoms with van der Waals surface area (Å²) in [4.78, 5) is 10.7. The van der Waals surface area contributed by atoms with Crippen LogP contribution in [-0.2, 0) is 4.74 Å². The normalized spacial score (nSPS) is 17.1. The van der Waals surface area contributed by atoms with Crippen molar-refractivity contribution in [1.29, 1.82) is 0 Å². The van der Waals surface area contributed by atoms with Crippen molar-refractivity contribution in [2.45, 2.75) is 19.8 Å². The van der Waals surface area contributed by atoms with Crippen LogP contribution in [0.5, 0.6) is 6.01 Å². The maximum absolute atomic E-state index is 5.54. The number of hydrogen-bond acceptors (Lipinski definition) is 5. The van der Waals surface area contributed by atoms with Gasteiger partial charge in [0.15, 0.2) is 0 Å². The standard InChI is InChI=1S/C13H21N3O2/c1-11(2)12-9-14-13(15-10-12)18-8-5-16-3-6-17-7-4-16/h9-11H,3-8H2,1-2H3. The Balaban J connectivity index is 1.72. The summed E-state index contributed by atoms with van der Waals surface area (Å²) in [6.45, 7) is 9.38. The smallest absolute Gasteiger partial charge is 0.316 e. The highest BCUT2D eigenvalue weighted by molar-refractivity contribution is 5.11. The molecule has 100 valence electrons. The Morgan fingerprint density at radius 3 is 2.56 bits per heavy atom. The molecule has 2 rings (SSSR count). The van der Waals surface area contributed by atoms with E-state index in [0.717, 1.165) is 38.4 Å². The van der Waals surface area contributed by atoms with E-state index in [-0.39, 0.29) is 0 Å². The van der Waals surface area contributed by atoms with Gasteiger partial charge in [0.25, 0.3) is 0 Å². The molecule has 0 unspecified atom stereocenters. The first-order valence-electron chi connectivity index (χ1n) is 6.50. The molecule has 0 aromatic carbocycles. The Morgan fingerprint density at radius 1 is 1.28 bits per heavy atom. The molecule has 1 aliphatic rings. The van der Waals surface area contributed by atoms with Gasteiger partial charge in [-0.15, -0.1) is 0 Å². The predicted molar refractivity (Wildman–Crippen MR) is 68.9 cm³/mol. The lowest BCUT2D eigenvalue weighted by Crippen LogP contribution is -2.38. The first kappa shape index (κ1) is 13.2. The fourth-order valence-electron chi connectivity index (χ4n) is 1.79. The van der Waals surface area contributed by atoms with E-state index in [1.165, 1.54) is 0 Å². The molecule has 18 heavy (non-hydrogen) atoms. The van der Waals surface area contributed by atoms with E-state index in [1.54, 1.807) is 0 Å². The van der Waals surface area contributed by atoms with E-state index in [2.05, 4.69) is 28.7 Å². The van der Waals surface area contributed by atoms with E-state index in [0.29, 0.717) is 18.5 Å². The lowest BCUT2D eigenvalue weighted by molar-refractivity contribution is 0.0317. The molecule has 2 heterocycles. The molecular weight excluding hydrogens is 230 g/mol. The van der Waals surface area contributed by atoms with Crippen molar-refractivity contribution >= 4 is 0 Å². The van der Waals surface area contributed by atoms with Gasteiger partial charge in [0.05, 0.1) is 13.2 Å². The molecule has 1 saturated heterocycles. The van der Waals surface area contributed by atoms with Crippen molar-refractivity contribution in [2.24, 2.45) is 0 Å². The largest absolute Gasteiger partial charge is 0.462 e. The second-order valence-electron chi connectivity index (χ2n) is 4.76. The Labute approximate surface area is 108 Å². The summed E-state index contributed by atoms with van der Waals surface area (Å²) in [6.07, 6.45) is 3.67. The van der Waals surface area contributed by atoms with Crippen molar-refractivity contribution in [1.82, 2.24) is 14.9 Å². The van der Waals surface area contributed by atoms with Gasteiger partial charge in [-0.25, -0.2) is 9.97 Å². The van der Waals surface area contributed by atoms with Crippen LogP contribution in [0.25, 0.3) is 0 Å². The van der Waals surface area contributed by atoms with Gasteiger partial charge in [-0.1, -0.05) is 13.8 Å². The monoisotopic (exact) mass is 251 g/mol. The van der Waals surface area contributed by atoms with Gasteiger partial charge in [0.1, 0.15) is 6.61 Å². The minimum Gasteiger partial charge on any atom is -0.462 e. The molecule has 1 aromatic heterocycles. The van der Waals surface area contributed by atoms with Crippen LogP contribution in [0.1, 0.15) is 25.3 Å². The number of ether oxygens (including phenoxy) is 2. The number of aromatic nitrogens is 2. The summed E-state index contributed by atoms with van der Waals surface area (Å²) < 4.78 is 10.8. The summed E-state index contributed by atoms with van der Waals surface area (Å²) in [7, 11) is 0. The first-order chi connectivity index (χ1) is 8.75. The van der Waals surface area contributed by atoms with Crippen LogP contribution < -0.4 is 4.74 Å². The Morgan fingerprint density at radius 2 is 1.94 bits per heavy atom. The van der Waals surface area contributed by atoms with Crippen LogP contribution in [0.3, 0.4) is 0 Å². The lowest BCUT2D eigenvalue weighted by atomic mass is 10.1. The molecule has 1 fully saturated rings. The number of rotatable bonds is 5. The molecule has 1 aliphatic heterocycles. The molecule has 0 saturated carbocycles. The molecule has 5 nitrogen and oxygen atoms in total. The average molecular weight is 251 g/mol. The minimum atomic E-state index is 0.451. The maximum atomic E-state index is 5.54. The molecule has 0 amide bonds. The van der Waals surface area contributed by atoms with Crippen molar-refractivity contribution < 1.29 is 9.47 Å². The van der Waals surface area contributed by atoms with Crippen LogP contribution in [0.4, 0.5) is 0 Å². The molecule has 1 aromatic rings. The molecule has 0 radical (unpaired) electrons. The fourth-order valence-corrected chi connectivity index (χ4v) is 1.79. The summed E-state index contributed by atoms with van der Waals surface area (Å²) in [6, 6.07) is 0.465. The number of morpholine rings is 1. The zero-order valence-electron chi connectivity index (χ0n) is 11.1. The molecule has 5 heteroatoms. The molecule has 0 bridgehead atoms. The predicted octanol–water partition coefficient (Wildman–Crippen LogP) is 1.31. The Hall–Kier alpha value is -1.20. The van der Waals surface area contributed by atoms with Crippen LogP contribution in [0.15, 0.2) is 12.4 Å². The highest BCUT2D eigenvalue weighted by atomic mass is 16.5. The summed E-state index contributed by atoms with van der Waals surface area (Å²) >= 11 is 0. The van der Waals surface area contributed by atoms with E-state index >= 15 is 0 Å². The van der Waals surface area contributed by atoms with Gasteiger partial charge >= 0.3 is 6.01 Å². The van der Waals surface area contributed by atoms with Crippen LogP contribution >= 0.6 is 0 Å². The second-order valence-corrected chi connectivity index (χ2v) is 4.76. The van der Waals surface area contributed by atoms with E-state index in [1.807, 2.05) is 12.4 Å². The summed E-state index contributed by atoms with van der Waals surface area (Å²) in [5.74, 6) is 0.451. The van der Waals surface area contributed by atoms with E-state index in [9.17, 15) is 0 Å². The van der Waals surface area contributed by atoms with Crippen molar-refractivity contribution in [2.75, 3.05) is 39.5 Å². The molecule has 0 aliphatic carbocycles. The van der Waals surface area contributed by atoms with Crippen LogP contribution in [-0.4, -0.2) is 54.3 Å². The molecular formula is C13H21N3O2. The SMILES string of the molecule is CC(C)c1cnc(OCCN2CCOCC2)nc1. The summed E-state index contributed by atoms with van der Waals surface area (Å²) in [5, 5.41) is 0. The van der Waals surface area contributed by atoms with Gasteiger partial charge in [0.2, 0.25) is 0 Å². The Kier molecular flexibility index (Phi) is 4.90. The molecule has 0 spiro atoms. The fraction of sp³-hybridized carbons (Fsp3) is 0.692. The van der Waals surface area contributed by atoms with Gasteiger partial charge in [0, 0.05) is 32.0 Å². The third-order valence-corrected chi connectivity index (χ3v) is 3.06. The van der Waals surface area contributed by atoms with E-state index < -0.39 is 0 Å². The van der Waals surface area contributed by atoms with Crippen LogP contribution in [0, 0.1) is 0 Å². The van der Waals surface area contributed by atoms with Gasteiger partial charge < -0.3 is 9.47 Å². The number of hydrogen-bond donors (Lipinski definition) is 0. The van der Waals surface area contributed by atoms with Crippen molar-refractivity contribution in [3.05, 3.63) is 18.0 Å². The van der Waals surface area contributed by atoms with Crippen LogP contribution in [0.2, 0.25) is 0 Å². The third kappa shape index (κ3) is 3.92. The molecule has 0 N–H and O–H groups in total. The third-order valence-electron chi connectivity index (χ3n) is 3.06. The topological polar surface area (TPSA) is 47.5 Å². The minimum absolute atomic E-state index is 0.451. The quantitative estimate of drug-likeness (QED) is 0.789. The average Bonchev–Trinajstić information content (AvgIpc) is 2.40.